The lowest BCUT2D eigenvalue weighted by molar-refractivity contribution is -0.141. The lowest BCUT2D eigenvalue weighted by Gasteiger charge is -2.24. The van der Waals surface area contributed by atoms with E-state index in [2.05, 4.69) is 10.6 Å². The van der Waals surface area contributed by atoms with Crippen molar-refractivity contribution < 1.29 is 38.2 Å². The van der Waals surface area contributed by atoms with Gasteiger partial charge in [-0.3, -0.25) is 38.6 Å². The van der Waals surface area contributed by atoms with Crippen molar-refractivity contribution in [3.8, 4) is 0 Å². The molecule has 0 bridgehead atoms. The molecule has 6 amide bonds. The van der Waals surface area contributed by atoms with Crippen LogP contribution >= 0.6 is 0 Å². The van der Waals surface area contributed by atoms with E-state index in [4.69, 9.17) is 9.47 Å². The van der Waals surface area contributed by atoms with Crippen LogP contribution in [0.15, 0.2) is 0 Å². The Morgan fingerprint density at radius 3 is 1.66 bits per heavy atom. The Hall–Kier alpha value is -2.86. The zero-order valence-electron chi connectivity index (χ0n) is 25.3. The molecule has 2 heterocycles. The third-order valence-corrected chi connectivity index (χ3v) is 7.45. The molecule has 0 aliphatic carbocycles. The molecule has 2 unspecified atom stereocenters. The maximum atomic E-state index is 12.5. The molecule has 12 nitrogen and oxygen atoms in total. The highest BCUT2D eigenvalue weighted by atomic mass is 16.5. The van der Waals surface area contributed by atoms with Crippen LogP contribution in [0.25, 0.3) is 0 Å². The Kier molecular flexibility index (Phi) is 13.9. The summed E-state index contributed by atoms with van der Waals surface area (Å²) in [4.78, 5) is 75.5. The van der Waals surface area contributed by atoms with Crippen LogP contribution in [0.2, 0.25) is 0 Å². The summed E-state index contributed by atoms with van der Waals surface area (Å²) in [5.41, 5.74) is -0.265. The van der Waals surface area contributed by atoms with Gasteiger partial charge in [0.2, 0.25) is 35.4 Å². The number of carbonyl (C=O) groups is 6. The number of ether oxygens (including phenoxy) is 2. The molecular formula is C29H48N4O8. The molecular weight excluding hydrogens is 532 g/mol. The average Bonchev–Trinajstić information content (AvgIpc) is 3.35. The Balaban J connectivity index is 1.40. The fourth-order valence-corrected chi connectivity index (χ4v) is 4.88. The molecule has 0 radical (unpaired) electrons. The summed E-state index contributed by atoms with van der Waals surface area (Å²) >= 11 is 0. The third kappa shape index (κ3) is 11.1. The Labute approximate surface area is 243 Å². The standard InChI is InChI=1S/C29H48N4O8/c1-20(2)21-18-25(36)32(27(21)38)12-6-8-23(34)30-10-14-40-16-17-41-15-11-31-24(35)9-7-13-33-26(37)19-22(28(33)39)29(3,4)5/h20-22H,6-19H2,1-5H3,(H,30,34)(H,31,35). The van der Waals surface area contributed by atoms with E-state index >= 15 is 0 Å². The van der Waals surface area contributed by atoms with Gasteiger partial charge in [0, 0.05) is 57.8 Å². The van der Waals surface area contributed by atoms with E-state index in [1.165, 1.54) is 9.80 Å². The SMILES string of the molecule is CC(C)C1CC(=O)N(CCCC(=O)NCCOCCOCCNC(=O)CCCN2C(=O)CC(C(C)(C)C)C2=O)C1=O. The van der Waals surface area contributed by atoms with Crippen molar-refractivity contribution >= 4 is 35.4 Å². The van der Waals surface area contributed by atoms with Gasteiger partial charge in [0.15, 0.2) is 0 Å². The second-order valence-corrected chi connectivity index (χ2v) is 12.1. The van der Waals surface area contributed by atoms with Gasteiger partial charge in [-0.1, -0.05) is 34.6 Å². The lowest BCUT2D eigenvalue weighted by atomic mass is 9.80. The molecule has 2 aliphatic heterocycles. The zero-order chi connectivity index (χ0) is 30.6. The first-order valence-electron chi connectivity index (χ1n) is 14.7. The largest absolute Gasteiger partial charge is 0.377 e. The van der Waals surface area contributed by atoms with Crippen LogP contribution in [0, 0.1) is 23.2 Å². The Morgan fingerprint density at radius 1 is 0.780 bits per heavy atom. The van der Waals surface area contributed by atoms with Crippen molar-refractivity contribution in [1.82, 2.24) is 20.4 Å². The molecule has 2 atom stereocenters. The summed E-state index contributed by atoms with van der Waals surface area (Å²) in [5.74, 6) is -1.37. The monoisotopic (exact) mass is 580 g/mol. The molecule has 0 aromatic rings. The minimum Gasteiger partial charge on any atom is -0.377 e. The molecule has 0 aromatic heterocycles. The second kappa shape index (κ2) is 16.5. The summed E-state index contributed by atoms with van der Waals surface area (Å²) in [6.07, 6.45) is 1.78. The van der Waals surface area contributed by atoms with E-state index in [1.807, 2.05) is 34.6 Å². The van der Waals surface area contributed by atoms with E-state index < -0.39 is 0 Å². The number of rotatable bonds is 18. The van der Waals surface area contributed by atoms with E-state index in [0.717, 1.165) is 0 Å². The van der Waals surface area contributed by atoms with Crippen molar-refractivity contribution in [2.75, 3.05) is 52.6 Å². The maximum Gasteiger partial charge on any atom is 0.233 e. The van der Waals surface area contributed by atoms with Gasteiger partial charge in [0.25, 0.3) is 0 Å². The quantitative estimate of drug-likeness (QED) is 0.182. The molecule has 12 heteroatoms. The predicted molar refractivity (Wildman–Crippen MR) is 150 cm³/mol. The maximum absolute atomic E-state index is 12.5. The number of nitrogens with one attached hydrogen (secondary N) is 2. The first kappa shape index (κ1) is 34.3. The van der Waals surface area contributed by atoms with Gasteiger partial charge in [-0.05, 0) is 24.2 Å². The van der Waals surface area contributed by atoms with Crippen molar-refractivity contribution in [2.24, 2.45) is 23.2 Å². The fraction of sp³-hybridized carbons (Fsp3) is 0.793. The zero-order valence-corrected chi connectivity index (χ0v) is 25.3. The average molecular weight is 581 g/mol. The third-order valence-electron chi connectivity index (χ3n) is 7.45. The Bertz CT molecular complexity index is 946. The normalized spacial score (nSPS) is 19.6. The van der Waals surface area contributed by atoms with Gasteiger partial charge in [0.1, 0.15) is 0 Å². The number of hydrogen-bond acceptors (Lipinski definition) is 8. The molecule has 0 aromatic carbocycles. The van der Waals surface area contributed by atoms with Gasteiger partial charge in [-0.25, -0.2) is 0 Å². The van der Waals surface area contributed by atoms with Crippen LogP contribution in [0.3, 0.4) is 0 Å². The number of amides is 6. The predicted octanol–water partition coefficient (Wildman–Crippen LogP) is 1.26. The molecule has 232 valence electrons. The minimum atomic E-state index is -0.306. The molecule has 0 spiro atoms. The lowest BCUT2D eigenvalue weighted by Crippen LogP contribution is -2.35. The van der Waals surface area contributed by atoms with Crippen LogP contribution in [-0.4, -0.2) is 97.8 Å². The van der Waals surface area contributed by atoms with E-state index in [1.54, 1.807) is 0 Å². The summed E-state index contributed by atoms with van der Waals surface area (Å²) in [6.45, 7) is 12.2. The van der Waals surface area contributed by atoms with E-state index in [0.29, 0.717) is 52.4 Å². The first-order chi connectivity index (χ1) is 19.3. The van der Waals surface area contributed by atoms with Gasteiger partial charge in [-0.2, -0.15) is 0 Å². The first-order valence-corrected chi connectivity index (χ1v) is 14.7. The number of likely N-dealkylation sites (tertiary alicyclic amines) is 2. The van der Waals surface area contributed by atoms with Gasteiger partial charge in [0.05, 0.1) is 32.3 Å². The second-order valence-electron chi connectivity index (χ2n) is 12.1. The highest BCUT2D eigenvalue weighted by Crippen LogP contribution is 2.35. The van der Waals surface area contributed by atoms with Crippen molar-refractivity contribution in [3.63, 3.8) is 0 Å². The molecule has 2 aliphatic rings. The topological polar surface area (TPSA) is 151 Å². The smallest absolute Gasteiger partial charge is 0.233 e. The molecule has 41 heavy (non-hydrogen) atoms. The number of imide groups is 2. The Morgan fingerprint density at radius 2 is 1.24 bits per heavy atom. The van der Waals surface area contributed by atoms with Crippen LogP contribution in [0.5, 0.6) is 0 Å². The van der Waals surface area contributed by atoms with E-state index in [-0.39, 0.29) is 97.4 Å². The van der Waals surface area contributed by atoms with Crippen LogP contribution in [0.4, 0.5) is 0 Å². The molecule has 0 saturated carbocycles. The number of nitrogens with zero attached hydrogens (tertiary/aromatic N) is 2. The minimum absolute atomic E-state index is 0.123. The van der Waals surface area contributed by atoms with Crippen LogP contribution in [0.1, 0.15) is 73.1 Å². The molecule has 2 rings (SSSR count). The summed E-state index contributed by atoms with van der Waals surface area (Å²) in [5, 5.41) is 5.50. The molecule has 2 saturated heterocycles. The van der Waals surface area contributed by atoms with Gasteiger partial charge < -0.3 is 20.1 Å². The van der Waals surface area contributed by atoms with Crippen molar-refractivity contribution in [1.29, 1.82) is 0 Å². The van der Waals surface area contributed by atoms with E-state index in [9.17, 15) is 28.8 Å². The number of carbonyl (C=O) groups excluding carboxylic acids is 6. The highest BCUT2D eigenvalue weighted by molar-refractivity contribution is 6.04. The van der Waals surface area contributed by atoms with Crippen LogP contribution < -0.4 is 10.6 Å². The van der Waals surface area contributed by atoms with Gasteiger partial charge in [-0.15, -0.1) is 0 Å². The molecule has 2 N–H and O–H groups in total. The van der Waals surface area contributed by atoms with Gasteiger partial charge >= 0.3 is 0 Å². The highest BCUT2D eigenvalue weighted by Gasteiger charge is 2.44. The van der Waals surface area contributed by atoms with Crippen molar-refractivity contribution in [3.05, 3.63) is 0 Å². The fourth-order valence-electron chi connectivity index (χ4n) is 4.88. The van der Waals surface area contributed by atoms with Crippen LogP contribution in [-0.2, 0) is 38.2 Å². The summed E-state index contributed by atoms with van der Waals surface area (Å²) in [6, 6.07) is 0. The summed E-state index contributed by atoms with van der Waals surface area (Å²) < 4.78 is 10.8. The summed E-state index contributed by atoms with van der Waals surface area (Å²) in [7, 11) is 0. The molecule has 2 fully saturated rings. The van der Waals surface area contributed by atoms with Crippen molar-refractivity contribution in [2.45, 2.75) is 73.1 Å². The number of hydrogen-bond donors (Lipinski definition) is 2.